The Morgan fingerprint density at radius 3 is 2.26 bits per heavy atom. The molecule has 0 atom stereocenters. The molecule has 0 aliphatic carbocycles. The maximum absolute atomic E-state index is 9.82. The molecule has 0 radical (unpaired) electrons. The Morgan fingerprint density at radius 1 is 1.22 bits per heavy atom. The van der Waals surface area contributed by atoms with Gasteiger partial charge >= 0.3 is 0 Å². The number of rotatable bonds is 4. The van der Waals surface area contributed by atoms with Crippen LogP contribution in [0.25, 0.3) is 0 Å². The summed E-state index contributed by atoms with van der Waals surface area (Å²) in [6, 6.07) is 0. The summed E-state index contributed by atoms with van der Waals surface area (Å²) in [5.41, 5.74) is 0.274. The van der Waals surface area contributed by atoms with Crippen molar-refractivity contribution in [2.45, 2.75) is 53.0 Å². The van der Waals surface area contributed by atoms with E-state index in [2.05, 4.69) is 44.8 Å². The number of nitrogens with one attached hydrogen (secondary N) is 1. The van der Waals surface area contributed by atoms with Gasteiger partial charge in [0, 0.05) is 42.7 Å². The molecule has 6 heteroatoms. The maximum Gasteiger partial charge on any atom is 0.194 e. The smallest absolute Gasteiger partial charge is 0.194 e. The summed E-state index contributed by atoms with van der Waals surface area (Å²) in [6.07, 6.45) is 1.78. The lowest BCUT2D eigenvalue weighted by molar-refractivity contribution is -0.0672. The zero-order chi connectivity index (χ0) is 16.4. The van der Waals surface area contributed by atoms with Gasteiger partial charge in [0.05, 0.1) is 13.2 Å². The molecule has 2 N–H and O–H groups in total. The zero-order valence-electron chi connectivity index (χ0n) is 15.3. The molecule has 2 saturated heterocycles. The molecule has 0 aromatic carbocycles. The van der Waals surface area contributed by atoms with Crippen molar-refractivity contribution in [1.82, 2.24) is 10.2 Å². The Kier molecular flexibility index (Phi) is 7.17. The van der Waals surface area contributed by atoms with Gasteiger partial charge in [-0.1, -0.05) is 13.8 Å². The van der Waals surface area contributed by atoms with Gasteiger partial charge in [0.25, 0.3) is 0 Å². The molecule has 23 heavy (non-hydrogen) atoms. The third-order valence-corrected chi connectivity index (χ3v) is 5.93. The van der Waals surface area contributed by atoms with Gasteiger partial charge in [-0.2, -0.15) is 0 Å². The first-order chi connectivity index (χ1) is 10.3. The van der Waals surface area contributed by atoms with E-state index in [1.807, 2.05) is 0 Å². The van der Waals surface area contributed by atoms with Crippen molar-refractivity contribution in [1.29, 1.82) is 0 Å². The highest BCUT2D eigenvalue weighted by Crippen LogP contribution is 2.46. The van der Waals surface area contributed by atoms with Crippen LogP contribution in [-0.4, -0.2) is 61.0 Å². The van der Waals surface area contributed by atoms with E-state index in [-0.39, 0.29) is 47.0 Å². The number of halogens is 1. The number of ether oxygens (including phenoxy) is 1. The molecular weight excluding hydrogens is 405 g/mol. The monoisotopic (exact) mass is 439 g/mol. The van der Waals surface area contributed by atoms with E-state index in [4.69, 9.17) is 9.73 Å². The third-order valence-electron chi connectivity index (χ3n) is 5.93. The fourth-order valence-corrected chi connectivity index (χ4v) is 3.21. The van der Waals surface area contributed by atoms with Crippen LogP contribution in [0, 0.1) is 10.8 Å². The number of nitrogens with zero attached hydrogens (tertiary/aromatic N) is 2. The molecule has 0 aromatic rings. The number of hydrogen-bond acceptors (Lipinski definition) is 3. The van der Waals surface area contributed by atoms with Crippen LogP contribution < -0.4 is 5.32 Å². The van der Waals surface area contributed by atoms with Crippen molar-refractivity contribution >= 4 is 29.9 Å². The molecule has 0 unspecified atom stereocenters. The molecule has 0 aromatic heterocycles. The summed E-state index contributed by atoms with van der Waals surface area (Å²) in [6.45, 7) is 15.5. The molecule has 136 valence electrons. The van der Waals surface area contributed by atoms with Gasteiger partial charge in [-0.15, -0.1) is 24.0 Å². The van der Waals surface area contributed by atoms with Crippen molar-refractivity contribution in [3.05, 3.63) is 0 Å². The van der Waals surface area contributed by atoms with E-state index < -0.39 is 0 Å². The van der Waals surface area contributed by atoms with Gasteiger partial charge in [0.1, 0.15) is 0 Å². The molecule has 2 aliphatic rings. The quantitative estimate of drug-likeness (QED) is 0.402. The Balaban J connectivity index is 0.00000264. The van der Waals surface area contributed by atoms with Crippen molar-refractivity contribution < 1.29 is 9.84 Å². The minimum atomic E-state index is -0.108. The average molecular weight is 439 g/mol. The van der Waals surface area contributed by atoms with Gasteiger partial charge in [-0.3, -0.25) is 4.99 Å². The second kappa shape index (κ2) is 7.87. The fourth-order valence-electron chi connectivity index (χ4n) is 3.21. The molecular formula is C17H34IN3O2. The number of guanidine groups is 1. The Bertz CT molecular complexity index is 418. The molecule has 2 fully saturated rings. The Hall–Kier alpha value is -0.0800. The van der Waals surface area contributed by atoms with Crippen molar-refractivity contribution in [2.75, 3.05) is 39.5 Å². The third kappa shape index (κ3) is 4.12. The lowest BCUT2D eigenvalue weighted by Crippen LogP contribution is -2.72. The largest absolute Gasteiger partial charge is 0.396 e. The van der Waals surface area contributed by atoms with Crippen LogP contribution in [0.15, 0.2) is 4.99 Å². The summed E-state index contributed by atoms with van der Waals surface area (Å²) >= 11 is 0. The topological polar surface area (TPSA) is 57.1 Å². The molecule has 0 spiro atoms. The zero-order valence-corrected chi connectivity index (χ0v) is 17.6. The van der Waals surface area contributed by atoms with Crippen LogP contribution in [0.2, 0.25) is 0 Å². The molecule has 2 aliphatic heterocycles. The number of aliphatic hydroxyl groups excluding tert-OH is 1. The predicted molar refractivity (Wildman–Crippen MR) is 106 cm³/mol. The number of aliphatic imine (C=N–C) groups is 1. The van der Waals surface area contributed by atoms with Crippen molar-refractivity contribution in [2.24, 2.45) is 15.8 Å². The molecule has 0 saturated carbocycles. The van der Waals surface area contributed by atoms with Gasteiger partial charge in [-0.25, -0.2) is 0 Å². The first kappa shape index (κ1) is 21.0. The van der Waals surface area contributed by atoms with E-state index in [1.54, 1.807) is 0 Å². The van der Waals surface area contributed by atoms with E-state index >= 15 is 0 Å². The van der Waals surface area contributed by atoms with E-state index in [1.165, 1.54) is 0 Å². The molecule has 0 amide bonds. The summed E-state index contributed by atoms with van der Waals surface area (Å²) in [5.74, 6) is 0.978. The first-order valence-corrected chi connectivity index (χ1v) is 8.53. The number of hydrogen-bond donors (Lipinski definition) is 2. The summed E-state index contributed by atoms with van der Waals surface area (Å²) in [4.78, 5) is 7.24. The average Bonchev–Trinajstić information content (AvgIpc) is 2.50. The SMILES string of the molecule is CCNC(=NCC1(CO)CCOCC1)N1CC(C)(C)C1(C)C.I. The Labute approximate surface area is 158 Å². The van der Waals surface area contributed by atoms with Crippen LogP contribution in [0.5, 0.6) is 0 Å². The van der Waals surface area contributed by atoms with Crippen LogP contribution in [0.3, 0.4) is 0 Å². The standard InChI is InChI=1S/C17H33N3O2.HI/c1-6-18-14(20-12-15(2,3)16(20,4)5)19-11-17(13-21)7-9-22-10-8-17;/h21H,6-13H2,1-5H3,(H,18,19);1H. The second-order valence-electron chi connectivity index (χ2n) is 7.97. The lowest BCUT2D eigenvalue weighted by atomic mass is 9.65. The summed E-state index contributed by atoms with van der Waals surface area (Å²) in [5, 5.41) is 13.2. The number of likely N-dealkylation sites (tertiary alicyclic amines) is 1. The normalized spacial score (nSPS) is 25.3. The van der Waals surface area contributed by atoms with E-state index in [0.717, 1.165) is 45.1 Å². The van der Waals surface area contributed by atoms with Gasteiger partial charge in [-0.05, 0) is 33.6 Å². The second-order valence-corrected chi connectivity index (χ2v) is 7.97. The van der Waals surface area contributed by atoms with Crippen LogP contribution in [0.1, 0.15) is 47.5 Å². The van der Waals surface area contributed by atoms with E-state index in [0.29, 0.717) is 6.54 Å². The van der Waals surface area contributed by atoms with Gasteiger partial charge < -0.3 is 20.1 Å². The maximum atomic E-state index is 9.82. The van der Waals surface area contributed by atoms with Crippen LogP contribution >= 0.6 is 24.0 Å². The van der Waals surface area contributed by atoms with Crippen molar-refractivity contribution in [3.63, 3.8) is 0 Å². The molecule has 2 heterocycles. The fraction of sp³-hybridized carbons (Fsp3) is 0.941. The summed E-state index contributed by atoms with van der Waals surface area (Å²) < 4.78 is 5.44. The highest BCUT2D eigenvalue weighted by molar-refractivity contribution is 14.0. The van der Waals surface area contributed by atoms with Gasteiger partial charge in [0.2, 0.25) is 0 Å². The van der Waals surface area contributed by atoms with Crippen LogP contribution in [0.4, 0.5) is 0 Å². The lowest BCUT2D eigenvalue weighted by Gasteiger charge is -2.62. The summed E-state index contributed by atoms with van der Waals surface area (Å²) in [7, 11) is 0. The number of aliphatic hydroxyl groups is 1. The molecule has 2 rings (SSSR count). The molecule has 0 bridgehead atoms. The first-order valence-electron chi connectivity index (χ1n) is 8.53. The van der Waals surface area contributed by atoms with Crippen LogP contribution in [-0.2, 0) is 4.74 Å². The highest BCUT2D eigenvalue weighted by Gasteiger charge is 2.53. The predicted octanol–water partition coefficient (Wildman–Crippen LogP) is 2.48. The van der Waals surface area contributed by atoms with Crippen molar-refractivity contribution in [3.8, 4) is 0 Å². The minimum absolute atomic E-state index is 0. The highest BCUT2D eigenvalue weighted by atomic mass is 127. The van der Waals surface area contributed by atoms with E-state index in [9.17, 15) is 5.11 Å². The van der Waals surface area contributed by atoms with Gasteiger partial charge in [0.15, 0.2) is 5.96 Å². The Morgan fingerprint density at radius 2 is 1.83 bits per heavy atom. The minimum Gasteiger partial charge on any atom is -0.396 e. The molecule has 5 nitrogen and oxygen atoms in total.